The summed E-state index contributed by atoms with van der Waals surface area (Å²) in [7, 11) is -4.97. The Bertz CT molecular complexity index is 1420. The number of methoxy groups -OCH3 is 2. The topological polar surface area (TPSA) is 102 Å². The van der Waals surface area contributed by atoms with Crippen molar-refractivity contribution in [1.29, 1.82) is 0 Å². The zero-order chi connectivity index (χ0) is 24.5. The fourth-order valence-electron chi connectivity index (χ4n) is 3.81. The van der Waals surface area contributed by atoms with Gasteiger partial charge in [0.15, 0.2) is 11.5 Å². The first kappa shape index (κ1) is 23.8. The van der Waals surface area contributed by atoms with Gasteiger partial charge < -0.3 is 9.47 Å². The predicted octanol–water partition coefficient (Wildman–Crippen LogP) is 3.79. The molecule has 1 aliphatic rings. The molecule has 0 aliphatic carbocycles. The Morgan fingerprint density at radius 3 is 2.21 bits per heavy atom. The highest BCUT2D eigenvalue weighted by Crippen LogP contribution is 2.35. The molecule has 0 fully saturated rings. The minimum atomic E-state index is -3.94. The molecule has 34 heavy (non-hydrogen) atoms. The van der Waals surface area contributed by atoms with Crippen molar-refractivity contribution in [1.82, 2.24) is 0 Å². The molecular weight excluding hydrogens is 483 g/mol. The van der Waals surface area contributed by atoms with Gasteiger partial charge in [-0.3, -0.25) is 9.03 Å². The Labute approximate surface area is 198 Å². The van der Waals surface area contributed by atoms with Crippen molar-refractivity contribution in [2.75, 3.05) is 29.8 Å². The number of anilines is 2. The minimum absolute atomic E-state index is 0.0108. The van der Waals surface area contributed by atoms with Crippen molar-refractivity contribution < 1.29 is 30.7 Å². The first-order valence-electron chi connectivity index (χ1n) is 10.3. The molecule has 8 nitrogen and oxygen atoms in total. The Morgan fingerprint density at radius 1 is 0.853 bits per heavy atom. The van der Waals surface area contributed by atoms with Crippen LogP contribution in [0.25, 0.3) is 0 Å². The average molecular weight is 507 g/mol. The Hall–Kier alpha value is -3.31. The Kier molecular flexibility index (Phi) is 6.41. The highest BCUT2D eigenvalue weighted by Gasteiger charge is 2.29. The summed E-state index contributed by atoms with van der Waals surface area (Å²) in [6.07, 6.45) is 1.13. The number of benzene rings is 3. The van der Waals surface area contributed by atoms with Gasteiger partial charge in [0, 0.05) is 18.3 Å². The van der Waals surface area contributed by atoms with Gasteiger partial charge in [-0.1, -0.05) is 0 Å². The number of hydrogen-bond donors (Lipinski definition) is 1. The molecule has 0 aromatic heterocycles. The summed E-state index contributed by atoms with van der Waals surface area (Å²) in [5, 5.41) is 0. The van der Waals surface area contributed by atoms with Gasteiger partial charge in [-0.25, -0.2) is 21.2 Å². The number of fused-ring (bicyclic) bond motifs is 1. The van der Waals surface area contributed by atoms with Gasteiger partial charge in [-0.05, 0) is 73.0 Å². The normalized spacial score (nSPS) is 13.8. The molecule has 4 rings (SSSR count). The second-order valence-corrected chi connectivity index (χ2v) is 11.1. The minimum Gasteiger partial charge on any atom is -0.493 e. The SMILES string of the molecule is COc1ccc(S(=O)(=O)Nc2ccc3c(c2)CCCN3S(=O)(=O)c2ccc(F)cc2)cc1OC. The fraction of sp³-hybridized carbons (Fsp3) is 0.217. The van der Waals surface area contributed by atoms with E-state index in [0.717, 1.165) is 12.1 Å². The molecule has 0 radical (unpaired) electrons. The Morgan fingerprint density at radius 2 is 1.53 bits per heavy atom. The number of nitrogens with one attached hydrogen (secondary N) is 1. The van der Waals surface area contributed by atoms with Gasteiger partial charge in [0.1, 0.15) is 5.82 Å². The lowest BCUT2D eigenvalue weighted by atomic mass is 10.0. The van der Waals surface area contributed by atoms with Gasteiger partial charge in [-0.2, -0.15) is 0 Å². The van der Waals surface area contributed by atoms with Crippen LogP contribution < -0.4 is 18.5 Å². The smallest absolute Gasteiger partial charge is 0.264 e. The van der Waals surface area contributed by atoms with Crippen LogP contribution in [0.2, 0.25) is 0 Å². The van der Waals surface area contributed by atoms with E-state index in [-0.39, 0.29) is 22.1 Å². The zero-order valence-electron chi connectivity index (χ0n) is 18.5. The number of ether oxygens (including phenoxy) is 2. The van der Waals surface area contributed by atoms with Crippen molar-refractivity contribution in [3.8, 4) is 11.5 Å². The molecule has 0 saturated carbocycles. The standard InChI is InChI=1S/C23H23FN2O6S2/c1-31-22-12-10-20(15-23(22)32-2)33(27,28)25-18-7-11-21-16(14-18)4-3-13-26(21)34(29,30)19-8-5-17(24)6-9-19/h5-12,14-15,25H,3-4,13H2,1-2H3. The van der Waals surface area contributed by atoms with Crippen LogP contribution in [0.1, 0.15) is 12.0 Å². The van der Waals surface area contributed by atoms with E-state index in [4.69, 9.17) is 9.47 Å². The van der Waals surface area contributed by atoms with E-state index in [1.807, 2.05) is 0 Å². The predicted molar refractivity (Wildman–Crippen MR) is 126 cm³/mol. The van der Waals surface area contributed by atoms with Gasteiger partial charge >= 0.3 is 0 Å². The second-order valence-electron chi connectivity index (χ2n) is 7.60. The summed E-state index contributed by atoms with van der Waals surface area (Å²) < 4.78 is 79.5. The molecule has 0 unspecified atom stereocenters. The number of aryl methyl sites for hydroxylation is 1. The Balaban J connectivity index is 1.63. The van der Waals surface area contributed by atoms with E-state index in [2.05, 4.69) is 4.72 Å². The van der Waals surface area contributed by atoms with Crippen LogP contribution in [-0.2, 0) is 26.5 Å². The van der Waals surface area contributed by atoms with Crippen LogP contribution >= 0.6 is 0 Å². The number of nitrogens with zero attached hydrogens (tertiary/aromatic N) is 1. The summed E-state index contributed by atoms with van der Waals surface area (Å²) >= 11 is 0. The van der Waals surface area contributed by atoms with Crippen molar-refractivity contribution in [3.63, 3.8) is 0 Å². The van der Waals surface area contributed by atoms with Crippen LogP contribution in [-0.4, -0.2) is 37.6 Å². The third-order valence-corrected chi connectivity index (χ3v) is 8.68. The highest BCUT2D eigenvalue weighted by atomic mass is 32.2. The van der Waals surface area contributed by atoms with Crippen molar-refractivity contribution in [3.05, 3.63) is 72.0 Å². The zero-order valence-corrected chi connectivity index (χ0v) is 20.1. The molecule has 11 heteroatoms. The maximum Gasteiger partial charge on any atom is 0.264 e. The molecule has 180 valence electrons. The van der Waals surface area contributed by atoms with Crippen LogP contribution in [0.4, 0.5) is 15.8 Å². The molecule has 0 atom stereocenters. The number of halogens is 1. The lowest BCUT2D eigenvalue weighted by Gasteiger charge is -2.31. The number of sulfonamides is 2. The highest BCUT2D eigenvalue weighted by molar-refractivity contribution is 7.93. The molecule has 1 N–H and O–H groups in total. The van der Waals surface area contributed by atoms with Crippen molar-refractivity contribution in [2.45, 2.75) is 22.6 Å². The third kappa shape index (κ3) is 4.53. The molecule has 0 saturated heterocycles. The van der Waals surface area contributed by atoms with E-state index in [1.54, 1.807) is 12.1 Å². The summed E-state index contributed by atoms with van der Waals surface area (Å²) in [5.74, 6) is 0.152. The van der Waals surface area contributed by atoms with E-state index in [9.17, 15) is 21.2 Å². The maximum atomic E-state index is 13.3. The van der Waals surface area contributed by atoms with Crippen LogP contribution in [0, 0.1) is 5.82 Å². The van der Waals surface area contributed by atoms with Crippen LogP contribution in [0.3, 0.4) is 0 Å². The number of rotatable bonds is 7. The largest absolute Gasteiger partial charge is 0.493 e. The maximum absolute atomic E-state index is 13.3. The fourth-order valence-corrected chi connectivity index (χ4v) is 6.41. The molecule has 3 aromatic rings. The monoisotopic (exact) mass is 506 g/mol. The lowest BCUT2D eigenvalue weighted by molar-refractivity contribution is 0.354. The van der Waals surface area contributed by atoms with Gasteiger partial charge in [0.25, 0.3) is 20.0 Å². The molecule has 0 amide bonds. The third-order valence-electron chi connectivity index (χ3n) is 5.47. The van der Waals surface area contributed by atoms with E-state index >= 15 is 0 Å². The van der Waals surface area contributed by atoms with E-state index in [1.165, 1.54) is 54.9 Å². The molecule has 0 spiro atoms. The summed E-state index contributed by atoms with van der Waals surface area (Å²) in [6.45, 7) is 0.267. The van der Waals surface area contributed by atoms with Gasteiger partial charge in [-0.15, -0.1) is 0 Å². The first-order valence-corrected chi connectivity index (χ1v) is 13.2. The van der Waals surface area contributed by atoms with Gasteiger partial charge in [0.05, 0.1) is 29.7 Å². The quantitative estimate of drug-likeness (QED) is 0.523. The van der Waals surface area contributed by atoms with E-state index < -0.39 is 25.9 Å². The van der Waals surface area contributed by atoms with E-state index in [0.29, 0.717) is 35.5 Å². The lowest BCUT2D eigenvalue weighted by Crippen LogP contribution is -2.35. The molecule has 0 bridgehead atoms. The summed E-state index contributed by atoms with van der Waals surface area (Å²) in [6, 6.07) is 13.6. The van der Waals surface area contributed by atoms with Crippen LogP contribution in [0.15, 0.2) is 70.5 Å². The van der Waals surface area contributed by atoms with Gasteiger partial charge in [0.2, 0.25) is 0 Å². The summed E-state index contributed by atoms with van der Waals surface area (Å²) in [4.78, 5) is -0.0247. The second kappa shape index (κ2) is 9.15. The van der Waals surface area contributed by atoms with Crippen molar-refractivity contribution >= 4 is 31.4 Å². The van der Waals surface area contributed by atoms with Crippen molar-refractivity contribution in [2.24, 2.45) is 0 Å². The number of hydrogen-bond acceptors (Lipinski definition) is 6. The molecular formula is C23H23FN2O6S2. The average Bonchev–Trinajstić information content (AvgIpc) is 2.83. The molecule has 1 aliphatic heterocycles. The molecule has 3 aromatic carbocycles. The summed E-state index contributed by atoms with van der Waals surface area (Å²) in [5.41, 5.74) is 1.45. The van der Waals surface area contributed by atoms with Crippen LogP contribution in [0.5, 0.6) is 11.5 Å². The first-order chi connectivity index (χ1) is 16.2. The molecule has 1 heterocycles.